The molecule has 2 nitrogen and oxygen atoms in total. The van der Waals surface area contributed by atoms with Gasteiger partial charge in [-0.3, -0.25) is 4.79 Å². The molecule has 1 amide bonds. The predicted octanol–water partition coefficient (Wildman–Crippen LogP) is 2.45. The summed E-state index contributed by atoms with van der Waals surface area (Å²) in [6.07, 6.45) is -4.27. The molecule has 2 N–H and O–H groups in total. The molecule has 0 bridgehead atoms. The van der Waals surface area contributed by atoms with Crippen molar-refractivity contribution in [2.45, 2.75) is 19.0 Å². The van der Waals surface area contributed by atoms with Gasteiger partial charge in [0.2, 0.25) is 5.91 Å². The minimum absolute atomic E-state index is 0.118. The van der Waals surface area contributed by atoms with Crippen LogP contribution in [0.4, 0.5) is 13.2 Å². The number of rotatable bonds is 2. The summed E-state index contributed by atoms with van der Waals surface area (Å²) in [6.45, 7) is 1.07. The van der Waals surface area contributed by atoms with E-state index in [1.807, 2.05) is 0 Å². The van der Waals surface area contributed by atoms with Gasteiger partial charge in [-0.15, -0.1) is 0 Å². The van der Waals surface area contributed by atoms with Gasteiger partial charge >= 0.3 is 6.18 Å². The molecule has 0 aliphatic carbocycles. The molecule has 0 aromatic heterocycles. The van der Waals surface area contributed by atoms with Gasteiger partial charge in [0.05, 0.1) is 5.92 Å². The molecule has 82 valence electrons. The van der Waals surface area contributed by atoms with Crippen molar-refractivity contribution in [1.82, 2.24) is 0 Å². The first kappa shape index (κ1) is 11.6. The summed E-state index contributed by atoms with van der Waals surface area (Å²) >= 11 is 0. The van der Waals surface area contributed by atoms with E-state index in [1.54, 1.807) is 0 Å². The normalized spacial score (nSPS) is 13.6. The van der Waals surface area contributed by atoms with E-state index >= 15 is 0 Å². The summed E-state index contributed by atoms with van der Waals surface area (Å²) in [5.41, 5.74) is 5.28. The molecule has 0 spiro atoms. The summed E-state index contributed by atoms with van der Waals surface area (Å²) in [5.74, 6) is -2.19. The highest BCUT2D eigenvalue weighted by Gasteiger charge is 2.36. The second kappa shape index (κ2) is 3.92. The van der Waals surface area contributed by atoms with Crippen molar-refractivity contribution in [1.29, 1.82) is 0 Å². The Hall–Kier alpha value is -1.52. The van der Waals surface area contributed by atoms with Gasteiger partial charge in [0.15, 0.2) is 0 Å². The van der Waals surface area contributed by atoms with Crippen molar-refractivity contribution in [3.63, 3.8) is 0 Å². The molecule has 5 heteroatoms. The molecule has 0 unspecified atom stereocenters. The Morgan fingerprint density at radius 3 is 2.07 bits per heavy atom. The van der Waals surface area contributed by atoms with Crippen molar-refractivity contribution in [3.8, 4) is 0 Å². The molecule has 0 aliphatic heterocycles. The zero-order valence-corrected chi connectivity index (χ0v) is 8.01. The molecule has 1 atom stereocenters. The number of amides is 1. The van der Waals surface area contributed by atoms with Crippen LogP contribution in [-0.4, -0.2) is 12.1 Å². The fourth-order valence-corrected chi connectivity index (χ4v) is 1.13. The highest BCUT2D eigenvalue weighted by atomic mass is 19.4. The van der Waals surface area contributed by atoms with Crippen LogP contribution in [0.15, 0.2) is 24.3 Å². The monoisotopic (exact) mass is 217 g/mol. The summed E-state index contributed by atoms with van der Waals surface area (Å²) < 4.78 is 36.9. The summed E-state index contributed by atoms with van der Waals surface area (Å²) in [6, 6.07) is 5.11. The molecule has 0 radical (unpaired) electrons. The Morgan fingerprint density at radius 2 is 1.73 bits per heavy atom. The van der Waals surface area contributed by atoms with Crippen LogP contribution in [0.3, 0.4) is 0 Å². The van der Waals surface area contributed by atoms with Crippen LogP contribution in [0.5, 0.6) is 0 Å². The first-order chi connectivity index (χ1) is 6.82. The quantitative estimate of drug-likeness (QED) is 0.812. The largest absolute Gasteiger partial charge is 0.395 e. The number of hydrogen-bond donors (Lipinski definition) is 1. The van der Waals surface area contributed by atoms with E-state index in [2.05, 4.69) is 0 Å². The van der Waals surface area contributed by atoms with Crippen LogP contribution in [0.2, 0.25) is 0 Å². The highest BCUT2D eigenvalue weighted by molar-refractivity contribution is 5.92. The van der Waals surface area contributed by atoms with Gasteiger partial charge in [-0.05, 0) is 24.6 Å². The number of hydrogen-bond acceptors (Lipinski definition) is 1. The predicted molar refractivity (Wildman–Crippen MR) is 49.4 cm³/mol. The zero-order valence-electron chi connectivity index (χ0n) is 8.01. The maximum Gasteiger partial charge on any atom is 0.395 e. The summed E-state index contributed by atoms with van der Waals surface area (Å²) in [5, 5.41) is 0. The molecule has 1 rings (SSSR count). The molecule has 0 aliphatic rings. The van der Waals surface area contributed by atoms with Crippen molar-refractivity contribution >= 4 is 5.91 Å². The Labute approximate surface area is 84.9 Å². The van der Waals surface area contributed by atoms with Gasteiger partial charge in [-0.1, -0.05) is 12.1 Å². The number of carbonyl (C=O) groups is 1. The minimum atomic E-state index is -4.27. The van der Waals surface area contributed by atoms with Crippen LogP contribution >= 0.6 is 0 Å². The lowest BCUT2D eigenvalue weighted by atomic mass is 9.99. The van der Waals surface area contributed by atoms with Crippen LogP contribution in [-0.2, 0) is 0 Å². The van der Waals surface area contributed by atoms with E-state index in [-0.39, 0.29) is 11.1 Å². The maximum absolute atomic E-state index is 12.3. The lowest BCUT2D eigenvalue weighted by Crippen LogP contribution is -2.18. The van der Waals surface area contributed by atoms with Gasteiger partial charge in [-0.2, -0.15) is 13.2 Å². The molecular weight excluding hydrogens is 207 g/mol. The third-order valence-electron chi connectivity index (χ3n) is 2.19. The molecule has 1 aromatic rings. The van der Waals surface area contributed by atoms with Crippen LogP contribution in [0.1, 0.15) is 28.8 Å². The van der Waals surface area contributed by atoms with Gasteiger partial charge in [0.1, 0.15) is 0 Å². The van der Waals surface area contributed by atoms with Crippen molar-refractivity contribution in [3.05, 3.63) is 35.4 Å². The number of primary amides is 1. The van der Waals surface area contributed by atoms with Gasteiger partial charge in [0, 0.05) is 5.56 Å². The Morgan fingerprint density at radius 1 is 1.27 bits per heavy atom. The van der Waals surface area contributed by atoms with E-state index in [4.69, 9.17) is 5.73 Å². The highest BCUT2D eigenvalue weighted by Crippen LogP contribution is 2.34. The first-order valence-corrected chi connectivity index (χ1v) is 4.29. The van der Waals surface area contributed by atoms with Gasteiger partial charge in [0.25, 0.3) is 0 Å². The Balaban J connectivity index is 2.94. The molecular formula is C10H10F3NO. The van der Waals surface area contributed by atoms with E-state index in [1.165, 1.54) is 24.3 Å². The number of alkyl halides is 3. The number of benzene rings is 1. The number of nitrogens with two attached hydrogens (primary N) is 1. The van der Waals surface area contributed by atoms with Gasteiger partial charge in [-0.25, -0.2) is 0 Å². The third-order valence-corrected chi connectivity index (χ3v) is 2.19. The summed E-state index contributed by atoms with van der Waals surface area (Å²) in [4.78, 5) is 10.7. The first-order valence-electron chi connectivity index (χ1n) is 4.29. The van der Waals surface area contributed by atoms with Gasteiger partial charge < -0.3 is 5.73 Å². The second-order valence-electron chi connectivity index (χ2n) is 3.25. The van der Waals surface area contributed by atoms with E-state index < -0.39 is 18.0 Å². The summed E-state index contributed by atoms with van der Waals surface area (Å²) in [7, 11) is 0. The molecule has 1 aromatic carbocycles. The van der Waals surface area contributed by atoms with E-state index in [0.29, 0.717) is 0 Å². The average molecular weight is 217 g/mol. The van der Waals surface area contributed by atoms with Crippen molar-refractivity contribution in [2.75, 3.05) is 0 Å². The average Bonchev–Trinajstić information content (AvgIpc) is 2.15. The van der Waals surface area contributed by atoms with Crippen molar-refractivity contribution < 1.29 is 18.0 Å². The van der Waals surface area contributed by atoms with Crippen LogP contribution < -0.4 is 5.73 Å². The lowest BCUT2D eigenvalue weighted by molar-refractivity contribution is -0.146. The number of carbonyl (C=O) groups excluding carboxylic acids is 1. The molecule has 0 saturated heterocycles. The Kier molecular flexibility index (Phi) is 3.02. The SMILES string of the molecule is C[C@H](c1ccc(C(N)=O)cc1)C(F)(F)F. The minimum Gasteiger partial charge on any atom is -0.366 e. The molecule has 0 saturated carbocycles. The maximum atomic E-state index is 12.3. The second-order valence-corrected chi connectivity index (χ2v) is 3.25. The molecule has 0 fully saturated rings. The fourth-order valence-electron chi connectivity index (χ4n) is 1.13. The smallest absolute Gasteiger partial charge is 0.366 e. The number of halogens is 3. The fraction of sp³-hybridized carbons (Fsp3) is 0.300. The van der Waals surface area contributed by atoms with Crippen LogP contribution in [0, 0.1) is 0 Å². The molecule has 15 heavy (non-hydrogen) atoms. The zero-order chi connectivity index (χ0) is 11.6. The third kappa shape index (κ3) is 2.71. The Bertz CT molecular complexity index is 356. The lowest BCUT2D eigenvalue weighted by Gasteiger charge is -2.15. The van der Waals surface area contributed by atoms with Crippen LogP contribution in [0.25, 0.3) is 0 Å². The topological polar surface area (TPSA) is 43.1 Å². The molecule has 0 heterocycles. The standard InChI is InChI=1S/C10H10F3NO/c1-6(10(11,12)13)7-2-4-8(5-3-7)9(14)15/h2-6H,1H3,(H2,14,15)/t6-/m1/s1. The van der Waals surface area contributed by atoms with E-state index in [0.717, 1.165) is 6.92 Å². The van der Waals surface area contributed by atoms with E-state index in [9.17, 15) is 18.0 Å². The van der Waals surface area contributed by atoms with Crippen molar-refractivity contribution in [2.24, 2.45) is 5.73 Å².